The minimum atomic E-state index is -6.90. The Morgan fingerprint density at radius 1 is 0.737 bits per heavy atom. The van der Waals surface area contributed by atoms with Crippen LogP contribution in [0.2, 0.25) is 0 Å². The molecule has 7 nitrogen and oxygen atoms in total. The van der Waals surface area contributed by atoms with Crippen LogP contribution in [0.25, 0.3) is 0 Å². The number of unbranched alkanes of at least 4 members (excludes halogenated alkanes) is 4. The van der Waals surface area contributed by atoms with E-state index >= 15 is 0 Å². The molecular formula is C22H41F6N3O4PS2+. The molecule has 0 aliphatic heterocycles. The van der Waals surface area contributed by atoms with Crippen LogP contribution in [0.1, 0.15) is 72.1 Å². The van der Waals surface area contributed by atoms with Gasteiger partial charge in [0.05, 0.1) is 0 Å². The van der Waals surface area contributed by atoms with Gasteiger partial charge in [-0.3, -0.25) is 0 Å². The average Bonchev–Trinajstić information content (AvgIpc) is 3.21. The summed E-state index contributed by atoms with van der Waals surface area (Å²) in [6, 6.07) is 0. The van der Waals surface area contributed by atoms with Crippen molar-refractivity contribution in [3.05, 3.63) is 18.7 Å². The van der Waals surface area contributed by atoms with E-state index in [1.165, 1.54) is 0 Å². The molecule has 0 unspecified atom stereocenters. The van der Waals surface area contributed by atoms with Crippen molar-refractivity contribution >= 4 is 26.8 Å². The van der Waals surface area contributed by atoms with Crippen LogP contribution in [-0.2, 0) is 33.6 Å². The topological polar surface area (TPSA) is 80.3 Å². The SMILES string of the molecule is CCCCP(CCCC)(CCCC)(CCCCn1cc[n+](C)c1)N(S(=O)(=O)C(F)(F)F)S(=O)(=O)C(F)(F)F. The van der Waals surface area contributed by atoms with Gasteiger partial charge in [-0.25, -0.2) is 0 Å². The summed E-state index contributed by atoms with van der Waals surface area (Å²) in [5.41, 5.74) is -12.4. The van der Waals surface area contributed by atoms with Crippen molar-refractivity contribution in [2.24, 2.45) is 7.05 Å². The molecule has 0 aromatic carbocycles. The first kappa shape index (κ1) is 35.1. The van der Waals surface area contributed by atoms with Crippen LogP contribution in [0.4, 0.5) is 26.3 Å². The Bertz CT molecular complexity index is 1040. The number of aromatic nitrogens is 2. The number of halogens is 6. The average molecular weight is 621 g/mol. The molecule has 1 rings (SSSR count). The molecule has 0 aliphatic rings. The number of sulfonamides is 2. The fourth-order valence-corrected chi connectivity index (χ4v) is 20.7. The third kappa shape index (κ3) is 7.63. The summed E-state index contributed by atoms with van der Waals surface area (Å²) in [6.45, 7) is 0.442. The standard InChI is InChI=1S/C22H41F6N3O4PS2/c1-5-8-16-36(17-9-6-2,18-10-7-3,19-12-11-13-30-15-14-29(4)20-30)31(37(32,33)21(23,24)25)38(34,35)22(26,27)28/h14-15,20H,5-13,16-19H2,1-4H3/q+1. The zero-order valence-electron chi connectivity index (χ0n) is 22.4. The number of hydrogen-bond donors (Lipinski definition) is 0. The number of alkyl halides is 6. The van der Waals surface area contributed by atoms with Gasteiger partial charge in [0.1, 0.15) is 0 Å². The monoisotopic (exact) mass is 620 g/mol. The Hall–Kier alpha value is -0.920. The molecule has 0 atom stereocenters. The zero-order valence-corrected chi connectivity index (χ0v) is 25.0. The molecule has 226 valence electrons. The number of rotatable bonds is 17. The second-order valence-corrected chi connectivity index (χ2v) is 20.3. The summed E-state index contributed by atoms with van der Waals surface area (Å²) >= 11 is 0. The van der Waals surface area contributed by atoms with Gasteiger partial charge in [-0.1, -0.05) is 0 Å². The Kier molecular flexibility index (Phi) is 12.2. The van der Waals surface area contributed by atoms with E-state index in [9.17, 15) is 43.2 Å². The first-order valence-corrected chi connectivity index (χ1v) is 18.6. The van der Waals surface area contributed by atoms with Gasteiger partial charge in [0.2, 0.25) is 0 Å². The first-order valence-electron chi connectivity index (χ1n) is 12.8. The van der Waals surface area contributed by atoms with Gasteiger partial charge in [0.15, 0.2) is 0 Å². The predicted molar refractivity (Wildman–Crippen MR) is 138 cm³/mol. The van der Waals surface area contributed by atoms with Crippen molar-refractivity contribution in [3.63, 3.8) is 0 Å². The van der Waals surface area contributed by atoms with Crippen molar-refractivity contribution in [2.45, 2.75) is 89.7 Å². The molecule has 0 N–H and O–H groups in total. The van der Waals surface area contributed by atoms with Crippen LogP contribution in [0.5, 0.6) is 0 Å². The summed E-state index contributed by atoms with van der Waals surface area (Å²) in [4.78, 5) is 0. The molecule has 38 heavy (non-hydrogen) atoms. The Morgan fingerprint density at radius 3 is 1.45 bits per heavy atom. The zero-order chi connectivity index (χ0) is 29.5. The molecular weight excluding hydrogens is 579 g/mol. The molecule has 0 spiro atoms. The third-order valence-electron chi connectivity index (χ3n) is 6.94. The summed E-state index contributed by atoms with van der Waals surface area (Å²) in [5.74, 6) is 0. The molecule has 0 saturated heterocycles. The quantitative estimate of drug-likeness (QED) is 0.0932. The van der Waals surface area contributed by atoms with E-state index in [1.807, 2.05) is 0 Å². The van der Waals surface area contributed by atoms with Gasteiger partial charge in [-0.15, -0.1) is 0 Å². The maximum absolute atomic E-state index is 14.0. The van der Waals surface area contributed by atoms with Gasteiger partial charge in [0, 0.05) is 0 Å². The molecule has 0 aliphatic carbocycles. The van der Waals surface area contributed by atoms with Crippen molar-refractivity contribution in [2.75, 3.05) is 24.6 Å². The van der Waals surface area contributed by atoms with Gasteiger partial charge in [-0.05, 0) is 0 Å². The van der Waals surface area contributed by atoms with Crippen molar-refractivity contribution in [3.8, 4) is 0 Å². The van der Waals surface area contributed by atoms with Crippen LogP contribution in [0.15, 0.2) is 18.7 Å². The summed E-state index contributed by atoms with van der Waals surface area (Å²) < 4.78 is 139. The van der Waals surface area contributed by atoms with Crippen molar-refractivity contribution in [1.82, 2.24) is 8.05 Å². The summed E-state index contributed by atoms with van der Waals surface area (Å²) in [7, 11) is -12.0. The van der Waals surface area contributed by atoms with Crippen LogP contribution >= 0.6 is 6.75 Å². The maximum atomic E-state index is 14.0. The molecule has 0 radical (unpaired) electrons. The van der Waals surface area contributed by atoms with E-state index in [-0.39, 0.29) is 50.3 Å². The molecule has 0 bridgehead atoms. The van der Waals surface area contributed by atoms with Crippen LogP contribution in [-0.4, -0.2) is 60.5 Å². The summed E-state index contributed by atoms with van der Waals surface area (Å²) in [5, 5.41) is 0. The van der Waals surface area contributed by atoms with Crippen molar-refractivity contribution in [1.29, 1.82) is 0 Å². The minimum absolute atomic E-state index is 0.0775. The third-order valence-corrected chi connectivity index (χ3v) is 21.0. The first-order chi connectivity index (χ1) is 17.3. The molecule has 1 aromatic rings. The van der Waals surface area contributed by atoms with E-state index in [1.54, 1.807) is 55.7 Å². The Morgan fingerprint density at radius 2 is 1.13 bits per heavy atom. The number of imidazole rings is 1. The predicted octanol–water partition coefficient (Wildman–Crippen LogP) is 5.96. The van der Waals surface area contributed by atoms with Gasteiger partial charge >= 0.3 is 223 Å². The van der Waals surface area contributed by atoms with E-state index < -0.39 is 41.3 Å². The Labute approximate surface area is 222 Å². The van der Waals surface area contributed by atoms with E-state index in [0.29, 0.717) is 32.2 Å². The van der Waals surface area contributed by atoms with E-state index in [4.69, 9.17) is 0 Å². The number of hydrogen-bond acceptors (Lipinski definition) is 4. The van der Waals surface area contributed by atoms with Crippen LogP contribution < -0.4 is 4.57 Å². The molecule has 1 aromatic heterocycles. The Balaban J connectivity index is 3.99. The van der Waals surface area contributed by atoms with Crippen LogP contribution in [0.3, 0.4) is 0 Å². The molecule has 16 heteroatoms. The number of nitrogens with zero attached hydrogens (tertiary/aromatic N) is 3. The fraction of sp³-hybridized carbons (Fsp3) is 0.864. The van der Waals surface area contributed by atoms with Gasteiger partial charge in [0.25, 0.3) is 0 Å². The van der Waals surface area contributed by atoms with E-state index in [2.05, 4.69) is 0 Å². The second kappa shape index (κ2) is 13.2. The van der Waals surface area contributed by atoms with E-state index in [0.717, 1.165) is 0 Å². The van der Waals surface area contributed by atoms with Gasteiger partial charge < -0.3 is 0 Å². The van der Waals surface area contributed by atoms with Gasteiger partial charge in [-0.2, -0.15) is 0 Å². The molecule has 0 fully saturated rings. The fourth-order valence-electron chi connectivity index (χ4n) is 5.05. The molecule has 1 heterocycles. The summed E-state index contributed by atoms with van der Waals surface area (Å²) in [6.07, 6.45) is 5.76. The number of aryl methyl sites for hydroxylation is 2. The molecule has 0 saturated carbocycles. The second-order valence-electron chi connectivity index (χ2n) is 9.97. The molecule has 0 amide bonds. The normalized spacial score (nSPS) is 15.1. The van der Waals surface area contributed by atoms with Crippen molar-refractivity contribution < 1.29 is 47.7 Å². The van der Waals surface area contributed by atoms with Crippen LogP contribution in [0, 0.1) is 0 Å².